The number of hydrogen-bond donors (Lipinski definition) is 1. The van der Waals surface area contributed by atoms with Crippen molar-refractivity contribution in [3.63, 3.8) is 0 Å². The van der Waals surface area contributed by atoms with Crippen molar-refractivity contribution in [1.29, 1.82) is 0 Å². The van der Waals surface area contributed by atoms with Crippen LogP contribution in [0.15, 0.2) is 30.6 Å². The molecule has 3 heteroatoms. The van der Waals surface area contributed by atoms with E-state index in [0.29, 0.717) is 0 Å². The number of aromatic nitrogens is 2. The molecule has 2 aromatic rings. The van der Waals surface area contributed by atoms with E-state index in [9.17, 15) is 0 Å². The van der Waals surface area contributed by atoms with Crippen LogP contribution in [0.5, 0.6) is 0 Å². The summed E-state index contributed by atoms with van der Waals surface area (Å²) >= 11 is 0. The predicted molar refractivity (Wildman–Crippen MR) is 86.3 cm³/mol. The Hall–Kier alpha value is -1.51. The third kappa shape index (κ3) is 4.55. The Morgan fingerprint density at radius 2 is 1.75 bits per heavy atom. The number of unbranched alkanes of at least 4 members (excludes halogenated alkanes) is 7. The summed E-state index contributed by atoms with van der Waals surface area (Å²) in [5.41, 5.74) is 1.01. The van der Waals surface area contributed by atoms with E-state index < -0.39 is 0 Å². The largest absolute Gasteiger partial charge is 0.371 e. The molecule has 0 radical (unpaired) electrons. The molecule has 0 bridgehead atoms. The van der Waals surface area contributed by atoms with Gasteiger partial charge in [0.2, 0.25) is 0 Å². The Balaban J connectivity index is 1.58. The van der Waals surface area contributed by atoms with Gasteiger partial charge in [0.25, 0.3) is 0 Å². The molecule has 0 fully saturated rings. The van der Waals surface area contributed by atoms with E-state index in [-0.39, 0.29) is 0 Å². The average molecular weight is 273 g/mol. The number of rotatable bonds is 10. The minimum absolute atomic E-state index is 1.01. The van der Waals surface area contributed by atoms with Gasteiger partial charge in [0.05, 0.1) is 0 Å². The Morgan fingerprint density at radius 3 is 2.55 bits per heavy atom. The smallest absolute Gasteiger partial charge is 0.138 e. The van der Waals surface area contributed by atoms with Crippen LogP contribution in [0, 0.1) is 0 Å². The highest BCUT2D eigenvalue weighted by atomic mass is 15.1. The second-order valence-electron chi connectivity index (χ2n) is 5.47. The van der Waals surface area contributed by atoms with Gasteiger partial charge in [0.15, 0.2) is 0 Å². The topological polar surface area (TPSA) is 29.3 Å². The van der Waals surface area contributed by atoms with Crippen LogP contribution < -0.4 is 5.32 Å². The molecule has 110 valence electrons. The molecule has 0 atom stereocenters. The highest BCUT2D eigenvalue weighted by molar-refractivity contribution is 5.49. The number of fused-ring (bicyclic) bond motifs is 1. The Labute approximate surface area is 122 Å². The Morgan fingerprint density at radius 1 is 1.00 bits per heavy atom. The van der Waals surface area contributed by atoms with Crippen molar-refractivity contribution < 1.29 is 0 Å². The van der Waals surface area contributed by atoms with Gasteiger partial charge in [-0.1, -0.05) is 57.9 Å². The number of pyridine rings is 1. The first-order chi connectivity index (χ1) is 9.92. The zero-order valence-corrected chi connectivity index (χ0v) is 12.6. The normalized spacial score (nSPS) is 11.1. The molecule has 0 spiro atoms. The van der Waals surface area contributed by atoms with Crippen molar-refractivity contribution in [2.24, 2.45) is 0 Å². The highest BCUT2D eigenvalue weighted by Gasteiger charge is 1.99. The fourth-order valence-corrected chi connectivity index (χ4v) is 2.57. The molecule has 0 aliphatic heterocycles. The van der Waals surface area contributed by atoms with Gasteiger partial charge in [0.1, 0.15) is 11.5 Å². The molecular weight excluding hydrogens is 246 g/mol. The number of imidazole rings is 1. The standard InChI is InChI=1S/C17H27N3/c1-2-3-4-5-6-7-8-9-13-18-16-11-10-12-17-19-14-15-20(16)17/h10-12,14-15,18H,2-9,13H2,1H3. The van der Waals surface area contributed by atoms with Crippen molar-refractivity contribution in [1.82, 2.24) is 9.38 Å². The van der Waals surface area contributed by atoms with E-state index in [1.165, 1.54) is 51.4 Å². The summed E-state index contributed by atoms with van der Waals surface area (Å²) in [5, 5.41) is 3.51. The maximum absolute atomic E-state index is 4.30. The Bertz CT molecular complexity index is 490. The quantitative estimate of drug-likeness (QED) is 0.625. The number of nitrogens with zero attached hydrogens (tertiary/aromatic N) is 2. The van der Waals surface area contributed by atoms with Crippen LogP contribution in [0.3, 0.4) is 0 Å². The van der Waals surface area contributed by atoms with Gasteiger partial charge in [-0.2, -0.15) is 0 Å². The van der Waals surface area contributed by atoms with Crippen LogP contribution >= 0.6 is 0 Å². The van der Waals surface area contributed by atoms with E-state index in [1.54, 1.807) is 0 Å². The number of anilines is 1. The lowest BCUT2D eigenvalue weighted by atomic mass is 10.1. The van der Waals surface area contributed by atoms with E-state index in [1.807, 2.05) is 18.5 Å². The maximum atomic E-state index is 4.30. The van der Waals surface area contributed by atoms with Crippen molar-refractivity contribution >= 4 is 11.5 Å². The van der Waals surface area contributed by atoms with Crippen LogP contribution in [0.1, 0.15) is 58.3 Å². The van der Waals surface area contributed by atoms with E-state index in [4.69, 9.17) is 0 Å². The molecule has 0 amide bonds. The fraction of sp³-hybridized carbons (Fsp3) is 0.588. The SMILES string of the molecule is CCCCCCCCCCNc1cccc2nccn12. The van der Waals surface area contributed by atoms with Gasteiger partial charge in [-0.15, -0.1) is 0 Å². The fourth-order valence-electron chi connectivity index (χ4n) is 2.57. The summed E-state index contributed by atoms with van der Waals surface area (Å²) in [6.45, 7) is 3.32. The van der Waals surface area contributed by atoms with Crippen LogP contribution in [-0.2, 0) is 0 Å². The minimum atomic E-state index is 1.01. The van der Waals surface area contributed by atoms with Crippen molar-refractivity contribution in [3.8, 4) is 0 Å². The summed E-state index contributed by atoms with van der Waals surface area (Å²) in [7, 11) is 0. The Kier molecular flexibility index (Phi) is 6.42. The molecule has 3 nitrogen and oxygen atoms in total. The summed E-state index contributed by atoms with van der Waals surface area (Å²) in [4.78, 5) is 4.30. The summed E-state index contributed by atoms with van der Waals surface area (Å²) in [6, 6.07) is 6.19. The maximum Gasteiger partial charge on any atom is 0.138 e. The third-order valence-electron chi connectivity index (χ3n) is 3.76. The van der Waals surface area contributed by atoms with Gasteiger partial charge in [0, 0.05) is 18.9 Å². The average Bonchev–Trinajstić information content (AvgIpc) is 2.95. The van der Waals surface area contributed by atoms with Crippen LogP contribution in [-0.4, -0.2) is 15.9 Å². The molecule has 0 aromatic carbocycles. The number of hydrogen-bond acceptors (Lipinski definition) is 2. The minimum Gasteiger partial charge on any atom is -0.371 e. The monoisotopic (exact) mass is 273 g/mol. The van der Waals surface area contributed by atoms with Gasteiger partial charge in [-0.25, -0.2) is 4.98 Å². The molecule has 0 aliphatic rings. The predicted octanol–water partition coefficient (Wildman–Crippen LogP) is 4.89. The molecule has 0 aliphatic carbocycles. The van der Waals surface area contributed by atoms with Gasteiger partial charge in [-0.3, -0.25) is 4.40 Å². The highest BCUT2D eigenvalue weighted by Crippen LogP contribution is 2.12. The second-order valence-corrected chi connectivity index (χ2v) is 5.47. The summed E-state index contributed by atoms with van der Waals surface area (Å²) < 4.78 is 2.10. The summed E-state index contributed by atoms with van der Waals surface area (Å²) in [6.07, 6.45) is 14.8. The van der Waals surface area contributed by atoms with Crippen molar-refractivity contribution in [3.05, 3.63) is 30.6 Å². The number of nitrogens with one attached hydrogen (secondary N) is 1. The zero-order valence-electron chi connectivity index (χ0n) is 12.6. The first-order valence-electron chi connectivity index (χ1n) is 8.08. The molecule has 20 heavy (non-hydrogen) atoms. The lowest BCUT2D eigenvalue weighted by Crippen LogP contribution is -2.05. The second kappa shape index (κ2) is 8.62. The van der Waals surface area contributed by atoms with E-state index >= 15 is 0 Å². The molecular formula is C17H27N3. The molecule has 1 N–H and O–H groups in total. The molecule has 2 aromatic heterocycles. The van der Waals surface area contributed by atoms with Crippen molar-refractivity contribution in [2.75, 3.05) is 11.9 Å². The lowest BCUT2D eigenvalue weighted by molar-refractivity contribution is 0.581. The van der Waals surface area contributed by atoms with Gasteiger partial charge < -0.3 is 5.32 Å². The molecule has 0 unspecified atom stereocenters. The van der Waals surface area contributed by atoms with Gasteiger partial charge in [-0.05, 0) is 18.6 Å². The van der Waals surface area contributed by atoms with E-state index in [0.717, 1.165) is 18.0 Å². The molecule has 2 heterocycles. The molecule has 2 rings (SSSR count). The first kappa shape index (κ1) is 14.9. The molecule has 0 saturated heterocycles. The summed E-state index contributed by atoms with van der Waals surface area (Å²) in [5.74, 6) is 1.14. The zero-order chi connectivity index (χ0) is 14.0. The van der Waals surface area contributed by atoms with Crippen LogP contribution in [0.4, 0.5) is 5.82 Å². The first-order valence-corrected chi connectivity index (χ1v) is 8.08. The molecule has 0 saturated carbocycles. The third-order valence-corrected chi connectivity index (χ3v) is 3.76. The van der Waals surface area contributed by atoms with Crippen LogP contribution in [0.25, 0.3) is 5.65 Å². The lowest BCUT2D eigenvalue weighted by Gasteiger charge is -2.08. The van der Waals surface area contributed by atoms with Crippen LogP contribution in [0.2, 0.25) is 0 Å². The van der Waals surface area contributed by atoms with Crippen molar-refractivity contribution in [2.45, 2.75) is 58.3 Å². The van der Waals surface area contributed by atoms with Gasteiger partial charge >= 0.3 is 0 Å². The van der Waals surface area contributed by atoms with E-state index in [2.05, 4.69) is 33.8 Å².